The topological polar surface area (TPSA) is 71.1 Å². The molecule has 0 atom stereocenters. The Morgan fingerprint density at radius 1 is 1.12 bits per heavy atom. The normalized spacial score (nSPS) is 13.9. The van der Waals surface area contributed by atoms with E-state index < -0.39 is 5.97 Å². The molecule has 0 saturated heterocycles. The first-order chi connectivity index (χ1) is 12.6. The van der Waals surface area contributed by atoms with Gasteiger partial charge in [-0.25, -0.2) is 4.79 Å². The predicted molar refractivity (Wildman–Crippen MR) is 94.5 cm³/mol. The highest BCUT2D eigenvalue weighted by Gasteiger charge is 2.27. The summed E-state index contributed by atoms with van der Waals surface area (Å²) in [5.74, 6) is 1.13. The van der Waals surface area contributed by atoms with E-state index in [1.807, 2.05) is 12.1 Å². The molecule has 0 spiro atoms. The van der Waals surface area contributed by atoms with Crippen LogP contribution in [0.2, 0.25) is 0 Å². The molecule has 1 aliphatic heterocycles. The van der Waals surface area contributed by atoms with Gasteiger partial charge < -0.3 is 18.9 Å². The molecule has 26 heavy (non-hydrogen) atoms. The number of benzene rings is 2. The summed E-state index contributed by atoms with van der Waals surface area (Å²) in [5, 5.41) is 0. The van der Waals surface area contributed by atoms with E-state index in [4.69, 9.17) is 18.9 Å². The molecule has 3 rings (SSSR count). The smallest absolute Gasteiger partial charge is 0.344 e. The lowest BCUT2D eigenvalue weighted by Crippen LogP contribution is -2.14. The van der Waals surface area contributed by atoms with Crippen LogP contribution in [0.25, 0.3) is 6.08 Å². The number of Topliss-reactive ketones (excluding diaryl/α,β-unsaturated/α-hetero) is 1. The van der Waals surface area contributed by atoms with Crippen LogP contribution in [-0.4, -0.2) is 32.1 Å². The second kappa shape index (κ2) is 7.74. The van der Waals surface area contributed by atoms with Gasteiger partial charge in [0, 0.05) is 6.07 Å². The van der Waals surface area contributed by atoms with Crippen molar-refractivity contribution in [3.05, 3.63) is 59.4 Å². The van der Waals surface area contributed by atoms with Gasteiger partial charge in [-0.3, -0.25) is 4.79 Å². The van der Waals surface area contributed by atoms with Crippen LogP contribution in [0.3, 0.4) is 0 Å². The van der Waals surface area contributed by atoms with Crippen molar-refractivity contribution in [2.75, 3.05) is 20.3 Å². The predicted octanol–water partition coefficient (Wildman–Crippen LogP) is 3.25. The van der Waals surface area contributed by atoms with Crippen molar-refractivity contribution in [3.8, 4) is 17.2 Å². The highest BCUT2D eigenvalue weighted by molar-refractivity contribution is 6.14. The quantitative estimate of drug-likeness (QED) is 0.586. The van der Waals surface area contributed by atoms with Gasteiger partial charge in [0.15, 0.2) is 12.4 Å². The van der Waals surface area contributed by atoms with Gasteiger partial charge in [-0.05, 0) is 42.8 Å². The first-order valence-corrected chi connectivity index (χ1v) is 8.11. The van der Waals surface area contributed by atoms with Gasteiger partial charge >= 0.3 is 5.97 Å². The zero-order valence-electron chi connectivity index (χ0n) is 14.5. The summed E-state index contributed by atoms with van der Waals surface area (Å²) in [4.78, 5) is 23.8. The highest BCUT2D eigenvalue weighted by atomic mass is 16.6. The minimum atomic E-state index is -0.454. The molecule has 0 amide bonds. The maximum Gasteiger partial charge on any atom is 0.344 e. The number of ketones is 1. The number of carbonyl (C=O) groups is 2. The van der Waals surface area contributed by atoms with E-state index in [0.717, 1.165) is 11.3 Å². The highest BCUT2D eigenvalue weighted by Crippen LogP contribution is 2.35. The Morgan fingerprint density at radius 2 is 1.85 bits per heavy atom. The van der Waals surface area contributed by atoms with Crippen molar-refractivity contribution < 1.29 is 28.5 Å². The van der Waals surface area contributed by atoms with Crippen LogP contribution in [0.1, 0.15) is 22.8 Å². The Balaban J connectivity index is 1.73. The average Bonchev–Trinajstić information content (AvgIpc) is 2.96. The van der Waals surface area contributed by atoms with E-state index in [-0.39, 0.29) is 18.1 Å². The molecule has 0 N–H and O–H groups in total. The molecular weight excluding hydrogens is 336 g/mol. The second-order valence-corrected chi connectivity index (χ2v) is 5.46. The van der Waals surface area contributed by atoms with Crippen LogP contribution in [0.15, 0.2) is 48.2 Å². The fourth-order valence-electron chi connectivity index (χ4n) is 2.45. The molecule has 6 nitrogen and oxygen atoms in total. The van der Waals surface area contributed by atoms with Gasteiger partial charge in [-0.2, -0.15) is 0 Å². The summed E-state index contributed by atoms with van der Waals surface area (Å²) < 4.78 is 20.9. The Kier molecular flexibility index (Phi) is 5.22. The Bertz CT molecular complexity index is 851. The van der Waals surface area contributed by atoms with Crippen LogP contribution >= 0.6 is 0 Å². The lowest BCUT2D eigenvalue weighted by Gasteiger charge is -2.06. The lowest BCUT2D eigenvalue weighted by molar-refractivity contribution is -0.145. The third kappa shape index (κ3) is 3.85. The molecule has 1 aliphatic rings. The first-order valence-electron chi connectivity index (χ1n) is 8.11. The van der Waals surface area contributed by atoms with Gasteiger partial charge in [0.05, 0.1) is 19.3 Å². The fraction of sp³-hybridized carbons (Fsp3) is 0.200. The monoisotopic (exact) mass is 354 g/mol. The standard InChI is InChI=1S/C20H18O6/c1-3-24-19(21)12-25-15-8-9-16-17(11-15)26-18(20(16)22)10-13-4-6-14(23-2)7-5-13/h4-11H,3,12H2,1-2H3/b18-10-. The van der Waals surface area contributed by atoms with Gasteiger partial charge in [0.2, 0.25) is 5.78 Å². The van der Waals surface area contributed by atoms with Crippen LogP contribution in [-0.2, 0) is 9.53 Å². The van der Waals surface area contributed by atoms with Crippen LogP contribution in [0.4, 0.5) is 0 Å². The third-order valence-electron chi connectivity index (χ3n) is 3.72. The van der Waals surface area contributed by atoms with E-state index in [1.165, 1.54) is 0 Å². The van der Waals surface area contributed by atoms with Crippen molar-refractivity contribution in [2.45, 2.75) is 6.92 Å². The number of hydrogen-bond acceptors (Lipinski definition) is 6. The van der Waals surface area contributed by atoms with Crippen molar-refractivity contribution in [1.29, 1.82) is 0 Å². The molecule has 0 fully saturated rings. The summed E-state index contributed by atoms with van der Waals surface area (Å²) in [5.41, 5.74) is 1.27. The van der Waals surface area contributed by atoms with E-state index in [9.17, 15) is 9.59 Å². The van der Waals surface area contributed by atoms with Crippen LogP contribution in [0, 0.1) is 0 Å². The third-order valence-corrected chi connectivity index (χ3v) is 3.72. The Labute approximate surface area is 150 Å². The zero-order valence-corrected chi connectivity index (χ0v) is 14.5. The average molecular weight is 354 g/mol. The molecule has 0 aliphatic carbocycles. The number of fused-ring (bicyclic) bond motifs is 1. The van der Waals surface area contributed by atoms with Gasteiger partial charge in [-0.15, -0.1) is 0 Å². The second-order valence-electron chi connectivity index (χ2n) is 5.46. The number of carbonyl (C=O) groups excluding carboxylic acids is 2. The summed E-state index contributed by atoms with van der Waals surface area (Å²) >= 11 is 0. The number of allylic oxidation sites excluding steroid dienone is 1. The minimum absolute atomic E-state index is 0.199. The SMILES string of the molecule is CCOC(=O)COc1ccc2c(c1)O/C(=C\c1ccc(OC)cc1)C2=O. The molecule has 6 heteroatoms. The summed E-state index contributed by atoms with van der Waals surface area (Å²) in [6.45, 7) is 1.82. The van der Waals surface area contributed by atoms with E-state index >= 15 is 0 Å². The molecule has 0 bridgehead atoms. The first kappa shape index (κ1) is 17.5. The fourth-order valence-corrected chi connectivity index (χ4v) is 2.45. The van der Waals surface area contributed by atoms with E-state index in [0.29, 0.717) is 23.7 Å². The van der Waals surface area contributed by atoms with E-state index in [1.54, 1.807) is 50.4 Å². The molecule has 134 valence electrons. The van der Waals surface area contributed by atoms with E-state index in [2.05, 4.69) is 0 Å². The number of methoxy groups -OCH3 is 1. The van der Waals surface area contributed by atoms with Crippen molar-refractivity contribution in [2.24, 2.45) is 0 Å². The Morgan fingerprint density at radius 3 is 2.54 bits per heavy atom. The lowest BCUT2D eigenvalue weighted by atomic mass is 10.1. The van der Waals surface area contributed by atoms with Crippen LogP contribution < -0.4 is 14.2 Å². The molecule has 0 saturated carbocycles. The van der Waals surface area contributed by atoms with Crippen molar-refractivity contribution >= 4 is 17.8 Å². The minimum Gasteiger partial charge on any atom is -0.497 e. The molecule has 1 heterocycles. The Hall–Kier alpha value is -3.28. The largest absolute Gasteiger partial charge is 0.497 e. The van der Waals surface area contributed by atoms with Crippen molar-refractivity contribution in [3.63, 3.8) is 0 Å². The van der Waals surface area contributed by atoms with Crippen LogP contribution in [0.5, 0.6) is 17.2 Å². The molecule has 2 aromatic rings. The van der Waals surface area contributed by atoms with Crippen molar-refractivity contribution in [1.82, 2.24) is 0 Å². The van der Waals surface area contributed by atoms with Gasteiger partial charge in [0.1, 0.15) is 17.2 Å². The summed E-state index contributed by atoms with van der Waals surface area (Å²) in [6.07, 6.45) is 1.67. The van der Waals surface area contributed by atoms with Gasteiger partial charge in [0.25, 0.3) is 0 Å². The maximum atomic E-state index is 12.5. The number of hydrogen-bond donors (Lipinski definition) is 0. The number of ether oxygens (including phenoxy) is 4. The zero-order chi connectivity index (χ0) is 18.5. The molecule has 0 radical (unpaired) electrons. The summed E-state index contributed by atoms with van der Waals surface area (Å²) in [7, 11) is 1.59. The maximum absolute atomic E-state index is 12.5. The molecule has 2 aromatic carbocycles. The molecular formula is C20H18O6. The van der Waals surface area contributed by atoms with Gasteiger partial charge in [-0.1, -0.05) is 12.1 Å². The molecule has 0 aromatic heterocycles. The number of esters is 1. The molecule has 0 unspecified atom stereocenters. The number of rotatable bonds is 6. The summed E-state index contributed by atoms with van der Waals surface area (Å²) in [6, 6.07) is 12.1.